The van der Waals surface area contributed by atoms with E-state index >= 15 is 0 Å². The van der Waals surface area contributed by atoms with E-state index in [2.05, 4.69) is 21.1 Å². The van der Waals surface area contributed by atoms with E-state index in [4.69, 9.17) is 39.5 Å². The number of benzene rings is 3. The zero-order valence-corrected chi connectivity index (χ0v) is 21.3. The van der Waals surface area contributed by atoms with E-state index in [1.807, 2.05) is 0 Å². The zero-order valence-electron chi connectivity index (χ0n) is 18.2. The molecule has 0 atom stereocenters. The summed E-state index contributed by atoms with van der Waals surface area (Å²) >= 11 is 17.7. The molecule has 0 aromatic heterocycles. The molecule has 12 heteroatoms. The summed E-state index contributed by atoms with van der Waals surface area (Å²) in [7, 11) is -4.07. The highest BCUT2D eigenvalue weighted by Crippen LogP contribution is 2.27. The molecular formula is C23H19Cl3N4O4S. The number of halogens is 3. The minimum Gasteiger partial charge on any atom is -0.482 e. The van der Waals surface area contributed by atoms with Crippen LogP contribution in [-0.4, -0.2) is 31.7 Å². The Labute approximate surface area is 217 Å². The van der Waals surface area contributed by atoms with Gasteiger partial charge in [-0.3, -0.25) is 10.2 Å². The van der Waals surface area contributed by atoms with E-state index in [1.54, 1.807) is 48.5 Å². The molecule has 3 aromatic rings. The number of carbonyl (C=O) groups is 1. The number of sulfone groups is 1. The molecule has 8 nitrogen and oxygen atoms in total. The summed E-state index contributed by atoms with van der Waals surface area (Å²) < 4.78 is 31.8. The van der Waals surface area contributed by atoms with Crippen LogP contribution < -0.4 is 15.6 Å². The second-order valence-corrected chi connectivity index (χ2v) is 10.1. The van der Waals surface area contributed by atoms with Crippen LogP contribution in [-0.2, 0) is 14.6 Å². The van der Waals surface area contributed by atoms with Crippen LogP contribution >= 0.6 is 34.8 Å². The normalized spacial score (nSPS) is 12.2. The maximum atomic E-state index is 13.2. The van der Waals surface area contributed by atoms with Crippen molar-refractivity contribution in [1.29, 1.82) is 0 Å². The first-order valence-electron chi connectivity index (χ1n) is 9.97. The minimum atomic E-state index is -4.07. The number of carbonyl (C=O) groups excluding carboxylic acids is 1. The number of ether oxygens (including phenoxy) is 1. The van der Waals surface area contributed by atoms with Gasteiger partial charge in [0.1, 0.15) is 5.75 Å². The Kier molecular flexibility index (Phi) is 9.11. The molecule has 0 bridgehead atoms. The van der Waals surface area contributed by atoms with Gasteiger partial charge >= 0.3 is 0 Å². The molecule has 1 amide bonds. The van der Waals surface area contributed by atoms with Crippen LogP contribution in [0.2, 0.25) is 15.1 Å². The first kappa shape index (κ1) is 26.5. The molecule has 2 N–H and O–H groups in total. The standard InChI is InChI=1S/C23H19Cl3N4O4S/c1-15(27-29-22(31)14-34-21-12-9-17(25)13-20(21)26)23(30-28-18-10-7-16(24)8-11-18)35(32,33)19-5-3-2-4-6-19/h2-13,28H,14H2,1H3,(H,29,31)/b27-15-,30-23+. The molecule has 0 aliphatic heterocycles. The zero-order chi connectivity index (χ0) is 25.4. The third kappa shape index (κ3) is 7.43. The van der Waals surface area contributed by atoms with Gasteiger partial charge in [0.25, 0.3) is 5.91 Å². The fraction of sp³-hybridized carbons (Fsp3) is 0.0870. The molecule has 0 saturated carbocycles. The Hall–Kier alpha value is -3.11. The lowest BCUT2D eigenvalue weighted by atomic mass is 10.3. The average Bonchev–Trinajstić information content (AvgIpc) is 2.84. The predicted molar refractivity (Wildman–Crippen MR) is 139 cm³/mol. The van der Waals surface area contributed by atoms with Gasteiger partial charge < -0.3 is 4.74 Å². The number of hydrogen-bond donors (Lipinski definition) is 2. The summed E-state index contributed by atoms with van der Waals surface area (Å²) in [5, 5.41) is 8.74. The van der Waals surface area contributed by atoms with Crippen molar-refractivity contribution < 1.29 is 17.9 Å². The lowest BCUT2D eigenvalue weighted by Gasteiger charge is -2.10. The smallest absolute Gasteiger partial charge is 0.277 e. The molecule has 0 fully saturated rings. The molecule has 182 valence electrons. The number of anilines is 1. The van der Waals surface area contributed by atoms with Crippen LogP contribution in [0.4, 0.5) is 5.69 Å². The van der Waals surface area contributed by atoms with Crippen LogP contribution in [0.5, 0.6) is 5.75 Å². The van der Waals surface area contributed by atoms with Gasteiger partial charge in [-0.05, 0) is 61.5 Å². The number of nitrogens with one attached hydrogen (secondary N) is 2. The Balaban J connectivity index is 1.79. The molecule has 0 heterocycles. The quantitative estimate of drug-likeness (QED) is 0.220. The van der Waals surface area contributed by atoms with Crippen molar-refractivity contribution in [3.05, 3.63) is 87.9 Å². The van der Waals surface area contributed by atoms with Crippen molar-refractivity contribution in [3.8, 4) is 5.75 Å². The van der Waals surface area contributed by atoms with Crippen LogP contribution in [0.15, 0.2) is 87.9 Å². The summed E-state index contributed by atoms with van der Waals surface area (Å²) in [6, 6.07) is 18.8. The monoisotopic (exact) mass is 552 g/mol. The molecule has 0 radical (unpaired) electrons. The summed E-state index contributed by atoms with van der Waals surface area (Å²) in [4.78, 5) is 12.2. The number of hydrogen-bond acceptors (Lipinski definition) is 7. The summed E-state index contributed by atoms with van der Waals surface area (Å²) in [6.45, 7) is 0.985. The van der Waals surface area contributed by atoms with E-state index in [-0.39, 0.29) is 26.4 Å². The molecule has 35 heavy (non-hydrogen) atoms. The predicted octanol–water partition coefficient (Wildman–Crippen LogP) is 5.42. The van der Waals surface area contributed by atoms with Crippen molar-refractivity contribution in [2.24, 2.45) is 10.2 Å². The highest BCUT2D eigenvalue weighted by atomic mass is 35.5. The van der Waals surface area contributed by atoms with E-state index < -0.39 is 22.4 Å². The van der Waals surface area contributed by atoms with E-state index in [1.165, 1.54) is 31.2 Å². The molecule has 3 aromatic carbocycles. The number of hydrazone groups is 2. The fourth-order valence-corrected chi connectivity index (χ4v) is 4.58. The minimum absolute atomic E-state index is 0.0123. The third-order valence-corrected chi connectivity index (χ3v) is 6.92. The van der Waals surface area contributed by atoms with Crippen molar-refractivity contribution in [3.63, 3.8) is 0 Å². The highest BCUT2D eigenvalue weighted by Gasteiger charge is 2.26. The topological polar surface area (TPSA) is 109 Å². The number of amides is 1. The Morgan fingerprint density at radius 1 is 0.914 bits per heavy atom. The maximum absolute atomic E-state index is 13.2. The van der Waals surface area contributed by atoms with Crippen molar-refractivity contribution in [2.75, 3.05) is 12.0 Å². The van der Waals surface area contributed by atoms with Gasteiger partial charge in [0.15, 0.2) is 6.61 Å². The van der Waals surface area contributed by atoms with Crippen LogP contribution in [0.25, 0.3) is 0 Å². The second kappa shape index (κ2) is 12.0. The first-order valence-corrected chi connectivity index (χ1v) is 12.6. The summed E-state index contributed by atoms with van der Waals surface area (Å²) in [5.41, 5.74) is 5.38. The Morgan fingerprint density at radius 2 is 1.57 bits per heavy atom. The van der Waals surface area contributed by atoms with Gasteiger partial charge in [-0.1, -0.05) is 53.0 Å². The summed E-state index contributed by atoms with van der Waals surface area (Å²) in [5.74, 6) is -0.384. The molecule has 0 aliphatic rings. The molecule has 0 saturated heterocycles. The Morgan fingerprint density at radius 3 is 2.23 bits per heavy atom. The van der Waals surface area contributed by atoms with Crippen LogP contribution in [0.1, 0.15) is 6.92 Å². The van der Waals surface area contributed by atoms with Crippen LogP contribution in [0, 0.1) is 0 Å². The number of nitrogens with zero attached hydrogens (tertiary/aromatic N) is 2. The maximum Gasteiger partial charge on any atom is 0.277 e. The van der Waals surface area contributed by atoms with Gasteiger partial charge in [-0.2, -0.15) is 10.2 Å². The van der Waals surface area contributed by atoms with Crippen LogP contribution in [0.3, 0.4) is 0 Å². The van der Waals surface area contributed by atoms with E-state index in [9.17, 15) is 13.2 Å². The SMILES string of the molecule is CC(=N/NC(=O)COc1ccc(Cl)cc1Cl)/C(=N\Nc1ccc(Cl)cc1)S(=O)(=O)c1ccccc1. The van der Waals surface area contributed by atoms with E-state index in [0.717, 1.165) is 0 Å². The molecule has 0 spiro atoms. The lowest BCUT2D eigenvalue weighted by molar-refractivity contribution is -0.123. The molecule has 3 rings (SSSR count). The molecule has 0 aliphatic carbocycles. The van der Waals surface area contributed by atoms with Crippen molar-refractivity contribution >= 4 is 67.0 Å². The van der Waals surface area contributed by atoms with E-state index in [0.29, 0.717) is 15.7 Å². The van der Waals surface area contributed by atoms with Crippen molar-refractivity contribution in [2.45, 2.75) is 11.8 Å². The first-order chi connectivity index (χ1) is 16.7. The van der Waals surface area contributed by atoms with Gasteiger partial charge in [0, 0.05) is 10.0 Å². The van der Waals surface area contributed by atoms with Gasteiger partial charge in [0.05, 0.1) is 21.3 Å². The van der Waals surface area contributed by atoms with Gasteiger partial charge in [-0.15, -0.1) is 0 Å². The number of rotatable bonds is 8. The third-order valence-electron chi connectivity index (χ3n) is 4.35. The fourth-order valence-electron chi connectivity index (χ4n) is 2.65. The van der Waals surface area contributed by atoms with Crippen molar-refractivity contribution in [1.82, 2.24) is 5.43 Å². The largest absolute Gasteiger partial charge is 0.482 e. The highest BCUT2D eigenvalue weighted by molar-refractivity contribution is 8.08. The average molecular weight is 554 g/mol. The second-order valence-electron chi connectivity index (χ2n) is 6.95. The molecular weight excluding hydrogens is 535 g/mol. The van der Waals surface area contributed by atoms with Gasteiger partial charge in [-0.25, -0.2) is 13.8 Å². The van der Waals surface area contributed by atoms with Gasteiger partial charge in [0.2, 0.25) is 14.9 Å². The molecule has 0 unspecified atom stereocenters. The summed E-state index contributed by atoms with van der Waals surface area (Å²) in [6.07, 6.45) is 0. The lowest BCUT2D eigenvalue weighted by Crippen LogP contribution is -2.30. The Bertz CT molecular complexity index is 1360.